The number of likely N-dealkylation sites (tertiary alicyclic amines) is 1. The van der Waals surface area contributed by atoms with E-state index in [1.807, 2.05) is 69.3 Å². The van der Waals surface area contributed by atoms with E-state index in [4.69, 9.17) is 9.47 Å². The highest BCUT2D eigenvalue weighted by Gasteiger charge is 2.35. The van der Waals surface area contributed by atoms with Crippen LogP contribution in [0.25, 0.3) is 22.2 Å². The van der Waals surface area contributed by atoms with E-state index in [9.17, 15) is 22.8 Å². The number of fused-ring (bicyclic) bond motifs is 3. The molecule has 254 valence electrons. The van der Waals surface area contributed by atoms with Crippen molar-refractivity contribution in [3.63, 3.8) is 0 Å². The molecule has 1 aromatic heterocycles. The summed E-state index contributed by atoms with van der Waals surface area (Å²) in [5.74, 6) is 0. The molecule has 3 heterocycles. The van der Waals surface area contributed by atoms with Gasteiger partial charge in [0, 0.05) is 39.9 Å². The maximum Gasteiger partial charge on any atom is 0.419 e. The van der Waals surface area contributed by atoms with Crippen molar-refractivity contribution < 1.29 is 32.2 Å². The Bertz CT molecular complexity index is 1880. The van der Waals surface area contributed by atoms with E-state index in [-0.39, 0.29) is 6.04 Å². The van der Waals surface area contributed by atoms with E-state index in [0.717, 1.165) is 33.7 Å². The number of piperidine rings is 1. The second-order valence-corrected chi connectivity index (χ2v) is 15.2. The number of nitrogens with zero attached hydrogens (tertiary/aromatic N) is 2. The summed E-state index contributed by atoms with van der Waals surface area (Å²) in [6.07, 6.45) is -4.35. The largest absolute Gasteiger partial charge is 0.444 e. The SMILES string of the molecule is CC(C)(C)OC(=O)N1CCC(Nc2cc(C(F)(F)F)cc3c2Nc2ccc(-c4cc5ccccc5n4C(=O)OC(C)(C)C)cc2S3)CC1. The summed E-state index contributed by atoms with van der Waals surface area (Å²) < 4.78 is 55.2. The number of rotatable bonds is 3. The van der Waals surface area contributed by atoms with Gasteiger partial charge >= 0.3 is 18.4 Å². The summed E-state index contributed by atoms with van der Waals surface area (Å²) >= 11 is 1.24. The van der Waals surface area contributed by atoms with E-state index in [1.54, 1.807) is 25.7 Å². The fraction of sp³-hybridized carbons (Fsp3) is 0.389. The van der Waals surface area contributed by atoms with Crippen molar-refractivity contribution in [2.45, 2.75) is 87.6 Å². The molecule has 8 nitrogen and oxygen atoms in total. The van der Waals surface area contributed by atoms with Crippen LogP contribution in [0, 0.1) is 0 Å². The quantitative estimate of drug-likeness (QED) is 0.196. The van der Waals surface area contributed by atoms with Gasteiger partial charge in [0.25, 0.3) is 0 Å². The number of halogens is 3. The first-order valence-corrected chi connectivity index (χ1v) is 16.7. The van der Waals surface area contributed by atoms with Gasteiger partial charge in [-0.25, -0.2) is 14.2 Å². The van der Waals surface area contributed by atoms with Crippen LogP contribution in [0.4, 0.5) is 39.8 Å². The fourth-order valence-electron chi connectivity index (χ4n) is 5.85. The molecular formula is C36H39F3N4O4S. The highest BCUT2D eigenvalue weighted by Crippen LogP contribution is 2.51. The minimum atomic E-state index is -4.55. The van der Waals surface area contributed by atoms with E-state index >= 15 is 0 Å². The van der Waals surface area contributed by atoms with Gasteiger partial charge in [0.15, 0.2) is 0 Å². The summed E-state index contributed by atoms with van der Waals surface area (Å²) in [6, 6.07) is 17.2. The molecule has 0 unspecified atom stereocenters. The molecule has 1 fully saturated rings. The number of carbonyl (C=O) groups is 2. The zero-order chi connectivity index (χ0) is 34.6. The van der Waals surface area contributed by atoms with Gasteiger partial charge in [-0.05, 0) is 90.8 Å². The van der Waals surface area contributed by atoms with E-state index in [1.165, 1.54) is 16.3 Å². The third-order valence-corrected chi connectivity index (χ3v) is 9.08. The number of hydrogen-bond donors (Lipinski definition) is 2. The van der Waals surface area contributed by atoms with Crippen molar-refractivity contribution in [3.8, 4) is 11.3 Å². The van der Waals surface area contributed by atoms with E-state index < -0.39 is 35.1 Å². The number of hydrogen-bond acceptors (Lipinski definition) is 7. The van der Waals surface area contributed by atoms with Crippen molar-refractivity contribution >= 4 is 51.9 Å². The Kier molecular flexibility index (Phi) is 8.60. The second kappa shape index (κ2) is 12.3. The molecule has 0 aliphatic carbocycles. The Morgan fingerprint density at radius 1 is 0.854 bits per heavy atom. The third-order valence-electron chi connectivity index (χ3n) is 7.98. The lowest BCUT2D eigenvalue weighted by Crippen LogP contribution is -2.44. The molecule has 0 bridgehead atoms. The van der Waals surface area contributed by atoms with Crippen molar-refractivity contribution in [2.24, 2.45) is 0 Å². The highest BCUT2D eigenvalue weighted by molar-refractivity contribution is 7.99. The summed E-state index contributed by atoms with van der Waals surface area (Å²) in [7, 11) is 0. The minimum absolute atomic E-state index is 0.137. The van der Waals surface area contributed by atoms with Gasteiger partial charge in [0.2, 0.25) is 0 Å². The molecule has 4 aromatic rings. The van der Waals surface area contributed by atoms with Crippen LogP contribution in [0.3, 0.4) is 0 Å². The van der Waals surface area contributed by atoms with Gasteiger partial charge in [0.1, 0.15) is 11.2 Å². The lowest BCUT2D eigenvalue weighted by molar-refractivity contribution is -0.137. The number of aromatic nitrogens is 1. The number of anilines is 3. The minimum Gasteiger partial charge on any atom is -0.444 e. The number of amides is 1. The van der Waals surface area contributed by atoms with E-state index in [2.05, 4.69) is 10.6 Å². The molecule has 0 spiro atoms. The zero-order valence-electron chi connectivity index (χ0n) is 27.7. The maximum absolute atomic E-state index is 14.1. The van der Waals surface area contributed by atoms with Crippen LogP contribution in [-0.4, -0.2) is 52.0 Å². The molecule has 48 heavy (non-hydrogen) atoms. The predicted molar refractivity (Wildman–Crippen MR) is 182 cm³/mol. The molecule has 2 N–H and O–H groups in total. The molecule has 0 radical (unpaired) electrons. The average molecular weight is 681 g/mol. The number of nitrogens with one attached hydrogen (secondary N) is 2. The maximum atomic E-state index is 14.1. The highest BCUT2D eigenvalue weighted by atomic mass is 32.2. The smallest absolute Gasteiger partial charge is 0.419 e. The molecule has 3 aromatic carbocycles. The Balaban J connectivity index is 1.29. The number of carbonyl (C=O) groups excluding carboxylic acids is 2. The zero-order valence-corrected chi connectivity index (χ0v) is 28.6. The Labute approximate surface area is 282 Å². The van der Waals surface area contributed by atoms with Crippen molar-refractivity contribution in [3.05, 3.63) is 66.2 Å². The summed E-state index contributed by atoms with van der Waals surface area (Å²) in [4.78, 5) is 28.7. The first-order valence-electron chi connectivity index (χ1n) is 15.9. The molecule has 2 aliphatic heterocycles. The van der Waals surface area contributed by atoms with Gasteiger partial charge in [-0.1, -0.05) is 36.0 Å². The lowest BCUT2D eigenvalue weighted by Gasteiger charge is -2.35. The van der Waals surface area contributed by atoms with Crippen LogP contribution in [0.1, 0.15) is 59.9 Å². The first kappa shape index (κ1) is 33.6. The summed E-state index contributed by atoms with van der Waals surface area (Å²) in [5, 5.41) is 7.57. The first-order chi connectivity index (χ1) is 22.4. The molecule has 0 atom stereocenters. The van der Waals surface area contributed by atoms with Crippen LogP contribution in [0.5, 0.6) is 0 Å². The number of benzene rings is 3. The van der Waals surface area contributed by atoms with Gasteiger partial charge < -0.3 is 25.0 Å². The lowest BCUT2D eigenvalue weighted by atomic mass is 10.0. The second-order valence-electron chi connectivity index (χ2n) is 14.1. The number of ether oxygens (including phenoxy) is 2. The van der Waals surface area contributed by atoms with E-state index in [0.29, 0.717) is 53.4 Å². The Morgan fingerprint density at radius 2 is 1.52 bits per heavy atom. The summed E-state index contributed by atoms with van der Waals surface area (Å²) in [6.45, 7) is 11.7. The normalized spacial score (nSPS) is 15.4. The standard InChI is InChI=1S/C36H39F3N4O4S/c1-34(2,3)46-32(44)42-15-13-24(14-16-42)40-26-19-23(36(37,38)39)20-30-31(26)41-25-12-11-22(18-29(25)48-30)28-17-21-9-7-8-10-27(21)43(28)33(45)47-35(4,5)6/h7-12,17-20,24,40-41H,13-16H2,1-6H3. The monoisotopic (exact) mass is 680 g/mol. The van der Waals surface area contributed by atoms with Gasteiger partial charge in [-0.15, -0.1) is 0 Å². The van der Waals surface area contributed by atoms with Crippen LogP contribution in [0.2, 0.25) is 0 Å². The van der Waals surface area contributed by atoms with Crippen molar-refractivity contribution in [1.82, 2.24) is 9.47 Å². The molecular weight excluding hydrogens is 641 g/mol. The Morgan fingerprint density at radius 3 is 2.19 bits per heavy atom. The topological polar surface area (TPSA) is 84.8 Å². The molecule has 12 heteroatoms. The van der Waals surface area contributed by atoms with Crippen LogP contribution >= 0.6 is 11.8 Å². The van der Waals surface area contributed by atoms with Gasteiger partial charge in [0.05, 0.1) is 33.8 Å². The number of para-hydroxylation sites is 1. The molecule has 2 aliphatic rings. The van der Waals surface area contributed by atoms with Crippen LogP contribution in [-0.2, 0) is 15.7 Å². The van der Waals surface area contributed by atoms with Gasteiger partial charge in [-0.2, -0.15) is 13.2 Å². The third kappa shape index (κ3) is 7.23. The van der Waals surface area contributed by atoms with Crippen molar-refractivity contribution in [1.29, 1.82) is 0 Å². The summed E-state index contributed by atoms with van der Waals surface area (Å²) in [5.41, 5.74) is 1.59. The van der Waals surface area contributed by atoms with Crippen LogP contribution < -0.4 is 10.6 Å². The number of alkyl halides is 3. The average Bonchev–Trinajstić information content (AvgIpc) is 3.38. The fourth-order valence-corrected chi connectivity index (χ4v) is 6.95. The van der Waals surface area contributed by atoms with Crippen LogP contribution in [0.15, 0.2) is 70.5 Å². The predicted octanol–water partition coefficient (Wildman–Crippen LogP) is 10.1. The molecule has 1 amide bonds. The van der Waals surface area contributed by atoms with Gasteiger partial charge in [-0.3, -0.25) is 0 Å². The van der Waals surface area contributed by atoms with Crippen molar-refractivity contribution in [2.75, 3.05) is 23.7 Å². The molecule has 6 rings (SSSR count). The molecule has 1 saturated heterocycles. The Hall–Kier alpha value is -4.32. The molecule has 0 saturated carbocycles.